The summed E-state index contributed by atoms with van der Waals surface area (Å²) in [6.07, 6.45) is 12.0. The first kappa shape index (κ1) is 32.6. The van der Waals surface area contributed by atoms with E-state index in [1.54, 1.807) is 0 Å². The van der Waals surface area contributed by atoms with Crippen LogP contribution < -0.4 is 0 Å². The summed E-state index contributed by atoms with van der Waals surface area (Å²) >= 11 is 1.94. The zero-order valence-corrected chi connectivity index (χ0v) is 31.3. The second-order valence-corrected chi connectivity index (χ2v) is 15.6. The third kappa shape index (κ3) is 4.81. The molecule has 0 amide bonds. The van der Waals surface area contributed by atoms with Gasteiger partial charge in [-0.15, -0.1) is 18.3 Å². The van der Waals surface area contributed by atoms with Crippen molar-refractivity contribution in [2.75, 3.05) is 0 Å². The van der Waals surface area contributed by atoms with Gasteiger partial charge in [0.05, 0.1) is 25.1 Å². The number of aryl methyl sites for hydroxylation is 2. The number of benzene rings is 7. The molecule has 0 aliphatic carbocycles. The molecule has 0 fully saturated rings. The molecule has 2 unspecified atom stereocenters. The summed E-state index contributed by atoms with van der Waals surface area (Å²) in [6, 6.07) is 42.6. The largest absolute Gasteiger partial charge is 0.472 e. The molecule has 1 aliphatic rings. The van der Waals surface area contributed by atoms with Gasteiger partial charge in [-0.25, -0.2) is 0 Å². The molecule has 1 aliphatic heterocycles. The van der Waals surface area contributed by atoms with E-state index < -0.39 is 0 Å². The lowest BCUT2D eigenvalue weighted by molar-refractivity contribution is 0.566. The zero-order chi connectivity index (χ0) is 36.5. The van der Waals surface area contributed by atoms with Crippen LogP contribution in [-0.4, -0.2) is 5.25 Å². The standard InChI is InChI=1S/C51H38O2S/c1-5-33(48-38-19-11-13-21-40(38)50(44-29-53-27-31(44)4)41-22-14-12-20-39(41)48)51-42-24-23-32(25-46(42)54-45(51)6-2)47-34-15-7-9-17-36(34)49(43-28-52-26-30(43)3)37-18-10-8-16-35(37)47/h5-29,45,51H,2H2,1,3-4H3/b33-5-. The molecule has 2 nitrogen and oxygen atoms in total. The van der Waals surface area contributed by atoms with E-state index in [9.17, 15) is 0 Å². The molecule has 3 heterocycles. The van der Waals surface area contributed by atoms with Gasteiger partial charge in [-0.2, -0.15) is 0 Å². The SMILES string of the molecule is C=CC1Sc2cc(-c3c4ccccc4c(-c4cocc4C)c4ccccc34)ccc2C1/C(=C\C)c1c2ccccc2c(-c2cocc2C)c2ccccc12. The van der Waals surface area contributed by atoms with Crippen molar-refractivity contribution in [3.05, 3.63) is 181 Å². The molecule has 0 saturated carbocycles. The second kappa shape index (κ2) is 12.8. The summed E-state index contributed by atoms with van der Waals surface area (Å²) < 4.78 is 11.4. The van der Waals surface area contributed by atoms with Gasteiger partial charge in [0.25, 0.3) is 0 Å². The molecule has 0 bridgehead atoms. The third-order valence-electron chi connectivity index (χ3n) is 11.5. The Labute approximate surface area is 319 Å². The van der Waals surface area contributed by atoms with Gasteiger partial charge in [0.15, 0.2) is 0 Å². The Morgan fingerprint density at radius 2 is 1.02 bits per heavy atom. The summed E-state index contributed by atoms with van der Waals surface area (Å²) in [6.45, 7) is 10.9. The zero-order valence-electron chi connectivity index (χ0n) is 30.5. The maximum atomic E-state index is 5.73. The lowest BCUT2D eigenvalue weighted by Crippen LogP contribution is -2.11. The van der Waals surface area contributed by atoms with Crippen molar-refractivity contribution in [3.8, 4) is 33.4 Å². The Morgan fingerprint density at radius 3 is 1.44 bits per heavy atom. The molecule has 2 atom stereocenters. The summed E-state index contributed by atoms with van der Waals surface area (Å²) in [4.78, 5) is 1.31. The van der Waals surface area contributed by atoms with Gasteiger partial charge in [0.2, 0.25) is 0 Å². The van der Waals surface area contributed by atoms with Crippen LogP contribution in [0.15, 0.2) is 173 Å². The number of allylic oxidation sites excluding steroid dienone is 2. The Morgan fingerprint density at radius 1 is 0.574 bits per heavy atom. The van der Waals surface area contributed by atoms with Crippen molar-refractivity contribution in [1.29, 1.82) is 0 Å². The van der Waals surface area contributed by atoms with Gasteiger partial charge in [-0.1, -0.05) is 121 Å². The fourth-order valence-electron chi connectivity index (χ4n) is 9.14. The first-order valence-corrected chi connectivity index (χ1v) is 19.5. The predicted molar refractivity (Wildman–Crippen MR) is 229 cm³/mol. The summed E-state index contributed by atoms with van der Waals surface area (Å²) in [5.41, 5.74) is 13.5. The van der Waals surface area contributed by atoms with Crippen LogP contribution in [0, 0.1) is 13.8 Å². The maximum absolute atomic E-state index is 5.73. The molecular weight excluding hydrogens is 677 g/mol. The highest BCUT2D eigenvalue weighted by Gasteiger charge is 2.36. The molecule has 7 aromatic carbocycles. The molecule has 3 heteroatoms. The van der Waals surface area contributed by atoms with E-state index in [1.807, 2.05) is 36.8 Å². The van der Waals surface area contributed by atoms with E-state index in [0.29, 0.717) is 0 Å². The number of hydrogen-bond donors (Lipinski definition) is 0. The highest BCUT2D eigenvalue weighted by atomic mass is 32.2. The number of hydrogen-bond acceptors (Lipinski definition) is 3. The van der Waals surface area contributed by atoms with Crippen LogP contribution in [0.1, 0.15) is 35.1 Å². The average molecular weight is 715 g/mol. The fraction of sp³-hybridized carbons (Fsp3) is 0.0980. The van der Waals surface area contributed by atoms with Crippen LogP contribution in [0.4, 0.5) is 0 Å². The van der Waals surface area contributed by atoms with Crippen LogP contribution in [0.2, 0.25) is 0 Å². The lowest BCUT2D eigenvalue weighted by atomic mass is 9.78. The van der Waals surface area contributed by atoms with Crippen molar-refractivity contribution in [1.82, 2.24) is 0 Å². The van der Waals surface area contributed by atoms with Gasteiger partial charge in [0, 0.05) is 38.3 Å². The smallest absolute Gasteiger partial charge is 0.0984 e. The maximum Gasteiger partial charge on any atom is 0.0984 e. The molecule has 10 rings (SSSR count). The molecule has 0 radical (unpaired) electrons. The Bertz CT molecular complexity index is 2880. The molecule has 0 N–H and O–H groups in total. The number of fused-ring (bicyclic) bond motifs is 5. The van der Waals surface area contributed by atoms with E-state index in [-0.39, 0.29) is 11.2 Å². The van der Waals surface area contributed by atoms with Gasteiger partial charge < -0.3 is 8.83 Å². The lowest BCUT2D eigenvalue weighted by Gasteiger charge is -2.25. The van der Waals surface area contributed by atoms with Crippen molar-refractivity contribution in [3.63, 3.8) is 0 Å². The van der Waals surface area contributed by atoms with Crippen molar-refractivity contribution < 1.29 is 8.83 Å². The topological polar surface area (TPSA) is 26.3 Å². The van der Waals surface area contributed by atoms with Crippen LogP contribution in [0.3, 0.4) is 0 Å². The molecule has 54 heavy (non-hydrogen) atoms. The van der Waals surface area contributed by atoms with Crippen molar-refractivity contribution in [2.45, 2.75) is 36.8 Å². The molecular formula is C51H38O2S. The van der Waals surface area contributed by atoms with Crippen LogP contribution in [0.5, 0.6) is 0 Å². The number of furan rings is 2. The van der Waals surface area contributed by atoms with E-state index in [2.05, 4.69) is 155 Å². The first-order chi connectivity index (χ1) is 26.6. The minimum absolute atomic E-state index is 0.134. The minimum Gasteiger partial charge on any atom is -0.472 e. The number of rotatable bonds is 6. The summed E-state index contributed by atoms with van der Waals surface area (Å²) in [5, 5.41) is 10.1. The highest BCUT2D eigenvalue weighted by molar-refractivity contribution is 8.00. The highest BCUT2D eigenvalue weighted by Crippen LogP contribution is 2.56. The van der Waals surface area contributed by atoms with Gasteiger partial charge >= 0.3 is 0 Å². The first-order valence-electron chi connectivity index (χ1n) is 18.6. The summed E-state index contributed by atoms with van der Waals surface area (Å²) in [5.74, 6) is 0.134. The average Bonchev–Trinajstić information content (AvgIpc) is 3.94. The van der Waals surface area contributed by atoms with E-state index in [1.165, 1.54) is 86.9 Å². The fourth-order valence-corrected chi connectivity index (χ4v) is 10.5. The molecule has 0 spiro atoms. The Balaban J connectivity index is 1.18. The molecule has 2 aromatic heterocycles. The normalized spacial score (nSPS) is 15.8. The van der Waals surface area contributed by atoms with Gasteiger partial charge in [-0.3, -0.25) is 0 Å². The van der Waals surface area contributed by atoms with Crippen LogP contribution >= 0.6 is 11.8 Å². The second-order valence-electron chi connectivity index (χ2n) is 14.4. The molecule has 9 aromatic rings. The van der Waals surface area contributed by atoms with Crippen molar-refractivity contribution >= 4 is 60.4 Å². The quantitative estimate of drug-likeness (QED) is 0.127. The van der Waals surface area contributed by atoms with Gasteiger partial charge in [0.1, 0.15) is 0 Å². The monoisotopic (exact) mass is 714 g/mol. The molecule has 0 saturated heterocycles. The third-order valence-corrected chi connectivity index (χ3v) is 12.9. The molecule has 260 valence electrons. The van der Waals surface area contributed by atoms with E-state index >= 15 is 0 Å². The van der Waals surface area contributed by atoms with Crippen LogP contribution in [-0.2, 0) is 0 Å². The minimum atomic E-state index is 0.134. The Kier molecular flexibility index (Phi) is 7.75. The Hall–Kier alpha value is -6.03. The van der Waals surface area contributed by atoms with Crippen molar-refractivity contribution in [2.24, 2.45) is 0 Å². The number of thioether (sulfide) groups is 1. The van der Waals surface area contributed by atoms with Crippen LogP contribution in [0.25, 0.3) is 82.0 Å². The van der Waals surface area contributed by atoms with Gasteiger partial charge in [-0.05, 0) is 109 Å². The summed E-state index contributed by atoms with van der Waals surface area (Å²) in [7, 11) is 0. The predicted octanol–water partition coefficient (Wildman–Crippen LogP) is 15.0. The van der Waals surface area contributed by atoms with E-state index in [0.717, 1.165) is 22.3 Å². The van der Waals surface area contributed by atoms with E-state index in [4.69, 9.17) is 8.83 Å².